The van der Waals surface area contributed by atoms with Gasteiger partial charge in [-0.25, -0.2) is 4.37 Å². The van der Waals surface area contributed by atoms with Crippen LogP contribution in [-0.4, -0.2) is 9.70 Å². The molecule has 0 saturated heterocycles. The highest BCUT2D eigenvalue weighted by Gasteiger charge is 2.12. The SMILES string of the molecule is CC(C)C(CBr)Cc1ccns1. The monoisotopic (exact) mass is 247 g/mol. The summed E-state index contributed by atoms with van der Waals surface area (Å²) in [5.41, 5.74) is 0. The molecule has 1 atom stereocenters. The van der Waals surface area contributed by atoms with E-state index in [0.717, 1.165) is 23.6 Å². The van der Waals surface area contributed by atoms with Gasteiger partial charge in [-0.05, 0) is 35.9 Å². The predicted molar refractivity (Wildman–Crippen MR) is 57.9 cm³/mol. The van der Waals surface area contributed by atoms with Gasteiger partial charge in [0, 0.05) is 16.4 Å². The molecule has 3 heteroatoms. The standard InChI is InChI=1S/C9H14BrNS/c1-7(2)8(6-10)5-9-3-4-11-12-9/h3-4,7-8H,5-6H2,1-2H3. The summed E-state index contributed by atoms with van der Waals surface area (Å²) in [6.07, 6.45) is 3.04. The summed E-state index contributed by atoms with van der Waals surface area (Å²) >= 11 is 5.16. The average Bonchev–Trinajstić information content (AvgIpc) is 2.51. The summed E-state index contributed by atoms with van der Waals surface area (Å²) in [6, 6.07) is 2.11. The van der Waals surface area contributed by atoms with Crippen LogP contribution < -0.4 is 0 Å². The van der Waals surface area contributed by atoms with Gasteiger partial charge in [0.2, 0.25) is 0 Å². The highest BCUT2D eigenvalue weighted by Crippen LogP contribution is 2.20. The number of halogens is 1. The van der Waals surface area contributed by atoms with Gasteiger partial charge in [0.05, 0.1) is 0 Å². The van der Waals surface area contributed by atoms with Crippen LogP contribution in [0.15, 0.2) is 12.3 Å². The van der Waals surface area contributed by atoms with Crippen molar-refractivity contribution in [3.63, 3.8) is 0 Å². The Morgan fingerprint density at radius 2 is 2.33 bits per heavy atom. The lowest BCUT2D eigenvalue weighted by molar-refractivity contribution is 0.429. The molecule has 0 fully saturated rings. The van der Waals surface area contributed by atoms with E-state index in [4.69, 9.17) is 0 Å². The van der Waals surface area contributed by atoms with Crippen LogP contribution in [0, 0.1) is 11.8 Å². The fraction of sp³-hybridized carbons (Fsp3) is 0.667. The third kappa shape index (κ3) is 2.87. The molecule has 1 unspecified atom stereocenters. The molecule has 0 N–H and O–H groups in total. The molecule has 0 aliphatic carbocycles. The van der Waals surface area contributed by atoms with Gasteiger partial charge in [0.1, 0.15) is 0 Å². The average molecular weight is 248 g/mol. The number of hydrogen-bond acceptors (Lipinski definition) is 2. The molecule has 0 radical (unpaired) electrons. The molecule has 0 spiro atoms. The van der Waals surface area contributed by atoms with Crippen molar-refractivity contribution in [3.8, 4) is 0 Å². The van der Waals surface area contributed by atoms with E-state index < -0.39 is 0 Å². The van der Waals surface area contributed by atoms with Crippen molar-refractivity contribution in [2.24, 2.45) is 11.8 Å². The smallest absolute Gasteiger partial charge is 0.0409 e. The van der Waals surface area contributed by atoms with E-state index in [2.05, 4.69) is 40.2 Å². The second-order valence-electron chi connectivity index (χ2n) is 3.34. The number of aromatic nitrogens is 1. The van der Waals surface area contributed by atoms with Crippen LogP contribution in [0.4, 0.5) is 0 Å². The minimum atomic E-state index is 0.741. The number of nitrogens with zero attached hydrogens (tertiary/aromatic N) is 1. The lowest BCUT2D eigenvalue weighted by Crippen LogP contribution is -2.12. The first-order chi connectivity index (χ1) is 5.74. The Morgan fingerprint density at radius 3 is 2.75 bits per heavy atom. The first-order valence-electron chi connectivity index (χ1n) is 4.19. The van der Waals surface area contributed by atoms with Gasteiger partial charge in [-0.1, -0.05) is 29.8 Å². The molecule has 0 bridgehead atoms. The Hall–Kier alpha value is 0.110. The van der Waals surface area contributed by atoms with Crippen LogP contribution in [0.25, 0.3) is 0 Å². The van der Waals surface area contributed by atoms with Crippen LogP contribution in [0.5, 0.6) is 0 Å². The van der Waals surface area contributed by atoms with Gasteiger partial charge in [-0.2, -0.15) is 0 Å². The van der Waals surface area contributed by atoms with Crippen LogP contribution in [0.1, 0.15) is 18.7 Å². The van der Waals surface area contributed by atoms with Gasteiger partial charge < -0.3 is 0 Å². The van der Waals surface area contributed by atoms with Gasteiger partial charge in [0.15, 0.2) is 0 Å². The molecule has 1 nitrogen and oxygen atoms in total. The largest absolute Gasteiger partial charge is 0.201 e. The summed E-state index contributed by atoms with van der Waals surface area (Å²) in [7, 11) is 0. The number of hydrogen-bond donors (Lipinski definition) is 0. The Balaban J connectivity index is 2.48. The molecule has 0 saturated carbocycles. The van der Waals surface area contributed by atoms with Crippen molar-refractivity contribution < 1.29 is 0 Å². The lowest BCUT2D eigenvalue weighted by Gasteiger charge is -2.16. The first-order valence-corrected chi connectivity index (χ1v) is 6.09. The maximum atomic E-state index is 4.10. The fourth-order valence-corrected chi connectivity index (χ4v) is 2.72. The third-order valence-corrected chi connectivity index (χ3v) is 3.69. The second-order valence-corrected chi connectivity index (χ2v) is 4.91. The minimum Gasteiger partial charge on any atom is -0.201 e. The maximum Gasteiger partial charge on any atom is 0.0409 e. The minimum absolute atomic E-state index is 0.741. The molecule has 68 valence electrons. The summed E-state index contributed by atoms with van der Waals surface area (Å²) in [6.45, 7) is 4.54. The highest BCUT2D eigenvalue weighted by molar-refractivity contribution is 9.09. The van der Waals surface area contributed by atoms with Crippen molar-refractivity contribution >= 4 is 27.5 Å². The van der Waals surface area contributed by atoms with E-state index in [1.54, 1.807) is 11.5 Å². The Labute approximate surface area is 86.5 Å². The van der Waals surface area contributed by atoms with Crippen LogP contribution in [-0.2, 0) is 6.42 Å². The zero-order valence-corrected chi connectivity index (χ0v) is 9.86. The molecule has 1 heterocycles. The van der Waals surface area contributed by atoms with E-state index in [1.165, 1.54) is 4.88 Å². The molecule has 0 aliphatic rings. The lowest BCUT2D eigenvalue weighted by atomic mass is 9.94. The van der Waals surface area contributed by atoms with E-state index >= 15 is 0 Å². The fourth-order valence-electron chi connectivity index (χ4n) is 1.07. The zero-order chi connectivity index (χ0) is 8.97. The maximum absolute atomic E-state index is 4.10. The molecule has 1 aromatic rings. The second kappa shape index (κ2) is 4.97. The summed E-state index contributed by atoms with van der Waals surface area (Å²) in [4.78, 5) is 1.40. The van der Waals surface area contributed by atoms with E-state index in [-0.39, 0.29) is 0 Å². The topological polar surface area (TPSA) is 12.9 Å². The molecule has 0 amide bonds. The van der Waals surface area contributed by atoms with Crippen LogP contribution in [0.2, 0.25) is 0 Å². The zero-order valence-electron chi connectivity index (χ0n) is 7.46. The van der Waals surface area contributed by atoms with Crippen molar-refractivity contribution in [2.45, 2.75) is 20.3 Å². The van der Waals surface area contributed by atoms with Gasteiger partial charge in [-0.3, -0.25) is 0 Å². The molecular formula is C9H14BrNS. The first kappa shape index (κ1) is 10.2. The normalized spacial score (nSPS) is 13.7. The van der Waals surface area contributed by atoms with Crippen molar-refractivity contribution in [1.29, 1.82) is 0 Å². The summed E-state index contributed by atoms with van der Waals surface area (Å²) in [5.74, 6) is 1.48. The molecule has 12 heavy (non-hydrogen) atoms. The summed E-state index contributed by atoms with van der Waals surface area (Å²) in [5, 5.41) is 1.09. The van der Waals surface area contributed by atoms with Crippen molar-refractivity contribution in [1.82, 2.24) is 4.37 Å². The predicted octanol–water partition coefficient (Wildman–Crippen LogP) is 3.35. The van der Waals surface area contributed by atoms with Gasteiger partial charge in [0.25, 0.3) is 0 Å². The third-order valence-electron chi connectivity index (χ3n) is 2.10. The number of rotatable bonds is 4. The number of alkyl halides is 1. The van der Waals surface area contributed by atoms with E-state index in [0.29, 0.717) is 0 Å². The Bertz CT molecular complexity index is 208. The molecule has 1 rings (SSSR count). The van der Waals surface area contributed by atoms with Crippen LogP contribution >= 0.6 is 27.5 Å². The summed E-state index contributed by atoms with van der Waals surface area (Å²) < 4.78 is 4.10. The van der Waals surface area contributed by atoms with Gasteiger partial charge in [-0.15, -0.1) is 0 Å². The van der Waals surface area contributed by atoms with Crippen molar-refractivity contribution in [2.75, 3.05) is 5.33 Å². The van der Waals surface area contributed by atoms with Gasteiger partial charge >= 0.3 is 0 Å². The molecule has 1 aromatic heterocycles. The van der Waals surface area contributed by atoms with Crippen LogP contribution in [0.3, 0.4) is 0 Å². The highest BCUT2D eigenvalue weighted by atomic mass is 79.9. The Morgan fingerprint density at radius 1 is 1.58 bits per heavy atom. The molecule has 0 aromatic carbocycles. The Kier molecular flexibility index (Phi) is 4.22. The van der Waals surface area contributed by atoms with E-state index in [1.807, 2.05) is 6.20 Å². The van der Waals surface area contributed by atoms with Crippen molar-refractivity contribution in [3.05, 3.63) is 17.1 Å². The molecule has 0 aliphatic heterocycles. The molecular weight excluding hydrogens is 234 g/mol. The van der Waals surface area contributed by atoms with E-state index in [9.17, 15) is 0 Å². The quantitative estimate of drug-likeness (QED) is 0.744.